The highest BCUT2D eigenvalue weighted by atomic mass is 16.2. The fraction of sp³-hybridized carbons (Fsp3) is 0.400. The Morgan fingerprint density at radius 1 is 1.38 bits per heavy atom. The lowest BCUT2D eigenvalue weighted by Gasteiger charge is -2.32. The molecule has 6 nitrogen and oxygen atoms in total. The fourth-order valence-electron chi connectivity index (χ4n) is 2.32. The smallest absolute Gasteiger partial charge is 0.255 e. The number of rotatable bonds is 4. The molecule has 0 saturated carbocycles. The van der Waals surface area contributed by atoms with Crippen LogP contribution in [0.15, 0.2) is 24.3 Å². The van der Waals surface area contributed by atoms with Gasteiger partial charge in [0, 0.05) is 5.56 Å². The molecule has 1 aromatic carbocycles. The van der Waals surface area contributed by atoms with E-state index >= 15 is 0 Å². The van der Waals surface area contributed by atoms with Crippen LogP contribution >= 0.6 is 0 Å². The van der Waals surface area contributed by atoms with Crippen LogP contribution in [0, 0.1) is 0 Å². The second-order valence-electron chi connectivity index (χ2n) is 5.03. The first kappa shape index (κ1) is 15.2. The Morgan fingerprint density at radius 3 is 2.81 bits per heavy atom. The maximum Gasteiger partial charge on any atom is 0.255 e. The minimum Gasteiger partial charge on any atom is -0.319 e. The number of nitrogens with one attached hydrogen (secondary N) is 2. The Bertz CT molecular complexity index is 571. The molecule has 1 heterocycles. The van der Waals surface area contributed by atoms with Gasteiger partial charge in [0.1, 0.15) is 12.6 Å². The minimum absolute atomic E-state index is 0.0912. The maximum absolute atomic E-state index is 12.7. The number of imide groups is 1. The van der Waals surface area contributed by atoms with Crippen molar-refractivity contribution in [1.29, 1.82) is 0 Å². The summed E-state index contributed by atoms with van der Waals surface area (Å²) >= 11 is 0. The molecule has 1 aliphatic heterocycles. The van der Waals surface area contributed by atoms with Crippen molar-refractivity contribution in [1.82, 2.24) is 15.5 Å². The van der Waals surface area contributed by atoms with Crippen molar-refractivity contribution < 1.29 is 14.4 Å². The van der Waals surface area contributed by atoms with Crippen molar-refractivity contribution >= 4 is 17.7 Å². The molecule has 0 spiro atoms. The van der Waals surface area contributed by atoms with Crippen LogP contribution in [0.5, 0.6) is 0 Å². The molecule has 21 heavy (non-hydrogen) atoms. The number of hydrogen-bond donors (Lipinski definition) is 2. The molecule has 1 atom stereocenters. The minimum atomic E-state index is -0.646. The van der Waals surface area contributed by atoms with Gasteiger partial charge in [-0.05, 0) is 38.6 Å². The van der Waals surface area contributed by atoms with Crippen molar-refractivity contribution in [2.75, 3.05) is 20.1 Å². The Morgan fingerprint density at radius 2 is 2.10 bits per heavy atom. The van der Waals surface area contributed by atoms with Crippen LogP contribution in [0.4, 0.5) is 0 Å². The van der Waals surface area contributed by atoms with Gasteiger partial charge in [0.05, 0.1) is 0 Å². The lowest BCUT2D eigenvalue weighted by atomic mass is 10.0. The molecule has 1 saturated heterocycles. The molecule has 1 unspecified atom stereocenters. The standard InChI is InChI=1S/C15H19N3O3/c1-10-14(20)17-13(19)9-18(10)15(21)12-6-4-3-5-11(12)7-8-16-2/h3-6,10,16H,7-9H2,1-2H3,(H,17,19,20). The van der Waals surface area contributed by atoms with Gasteiger partial charge in [-0.2, -0.15) is 0 Å². The van der Waals surface area contributed by atoms with Gasteiger partial charge >= 0.3 is 0 Å². The Hall–Kier alpha value is -2.21. The Kier molecular flexibility index (Phi) is 4.70. The summed E-state index contributed by atoms with van der Waals surface area (Å²) < 4.78 is 0. The van der Waals surface area contributed by atoms with Crippen molar-refractivity contribution in [3.8, 4) is 0 Å². The Balaban J connectivity index is 2.26. The maximum atomic E-state index is 12.7. The summed E-state index contributed by atoms with van der Waals surface area (Å²) in [6, 6.07) is 6.64. The van der Waals surface area contributed by atoms with E-state index in [0.29, 0.717) is 12.0 Å². The van der Waals surface area contributed by atoms with Gasteiger partial charge in [-0.3, -0.25) is 19.7 Å². The van der Waals surface area contributed by atoms with E-state index in [2.05, 4.69) is 10.6 Å². The zero-order chi connectivity index (χ0) is 15.4. The van der Waals surface area contributed by atoms with E-state index in [1.165, 1.54) is 4.90 Å². The van der Waals surface area contributed by atoms with Crippen LogP contribution in [0.3, 0.4) is 0 Å². The van der Waals surface area contributed by atoms with E-state index in [0.717, 1.165) is 12.1 Å². The molecule has 0 aliphatic carbocycles. The molecule has 2 N–H and O–H groups in total. The third kappa shape index (κ3) is 3.28. The highest BCUT2D eigenvalue weighted by Gasteiger charge is 2.34. The first-order valence-electron chi connectivity index (χ1n) is 6.91. The molecule has 112 valence electrons. The number of nitrogens with zero attached hydrogens (tertiary/aromatic N) is 1. The molecular formula is C15H19N3O3. The summed E-state index contributed by atoms with van der Waals surface area (Å²) in [4.78, 5) is 37.1. The normalized spacial score (nSPS) is 18.6. The lowest BCUT2D eigenvalue weighted by molar-refractivity contribution is -0.138. The Labute approximate surface area is 123 Å². The number of benzene rings is 1. The first-order valence-corrected chi connectivity index (χ1v) is 6.91. The van der Waals surface area contributed by atoms with Crippen LogP contribution in [0.1, 0.15) is 22.8 Å². The van der Waals surface area contributed by atoms with Crippen molar-refractivity contribution in [2.45, 2.75) is 19.4 Å². The van der Waals surface area contributed by atoms with E-state index in [-0.39, 0.29) is 12.5 Å². The van der Waals surface area contributed by atoms with Crippen LogP contribution < -0.4 is 10.6 Å². The summed E-state index contributed by atoms with van der Waals surface area (Å²) in [5, 5.41) is 5.27. The van der Waals surface area contributed by atoms with E-state index in [9.17, 15) is 14.4 Å². The topological polar surface area (TPSA) is 78.5 Å². The molecule has 0 bridgehead atoms. The number of piperazine rings is 1. The van der Waals surface area contributed by atoms with Gasteiger partial charge in [0.15, 0.2) is 0 Å². The summed E-state index contributed by atoms with van der Waals surface area (Å²) in [6.07, 6.45) is 0.709. The third-order valence-corrected chi connectivity index (χ3v) is 3.58. The van der Waals surface area contributed by atoms with E-state index < -0.39 is 17.9 Å². The predicted octanol–water partition coefficient (Wildman–Crippen LogP) is -0.0644. The average Bonchev–Trinajstić information content (AvgIpc) is 2.48. The molecule has 1 aliphatic rings. The number of carbonyl (C=O) groups is 3. The highest BCUT2D eigenvalue weighted by molar-refractivity contribution is 6.07. The number of hydrogen-bond acceptors (Lipinski definition) is 4. The van der Waals surface area contributed by atoms with Gasteiger partial charge < -0.3 is 10.2 Å². The van der Waals surface area contributed by atoms with Gasteiger partial charge in [-0.15, -0.1) is 0 Å². The third-order valence-electron chi connectivity index (χ3n) is 3.58. The second-order valence-corrected chi connectivity index (χ2v) is 5.03. The van der Waals surface area contributed by atoms with Crippen molar-refractivity contribution in [3.63, 3.8) is 0 Å². The van der Waals surface area contributed by atoms with E-state index in [1.807, 2.05) is 19.2 Å². The summed E-state index contributed by atoms with van der Waals surface area (Å²) in [5.41, 5.74) is 1.45. The average molecular weight is 289 g/mol. The lowest BCUT2D eigenvalue weighted by Crippen LogP contribution is -2.58. The zero-order valence-corrected chi connectivity index (χ0v) is 12.2. The quantitative estimate of drug-likeness (QED) is 0.761. The van der Waals surface area contributed by atoms with E-state index in [4.69, 9.17) is 0 Å². The van der Waals surface area contributed by atoms with Crippen LogP contribution in [-0.4, -0.2) is 48.8 Å². The molecule has 0 aromatic heterocycles. The number of carbonyl (C=O) groups excluding carboxylic acids is 3. The van der Waals surface area contributed by atoms with Gasteiger partial charge in [-0.1, -0.05) is 18.2 Å². The summed E-state index contributed by atoms with van der Waals surface area (Å²) in [6.45, 7) is 2.28. The second kappa shape index (κ2) is 6.49. The monoisotopic (exact) mass is 289 g/mol. The van der Waals surface area contributed by atoms with Gasteiger partial charge in [0.2, 0.25) is 11.8 Å². The number of amides is 3. The molecular weight excluding hydrogens is 270 g/mol. The largest absolute Gasteiger partial charge is 0.319 e. The predicted molar refractivity (Wildman–Crippen MR) is 77.7 cm³/mol. The zero-order valence-electron chi connectivity index (χ0n) is 12.2. The highest BCUT2D eigenvalue weighted by Crippen LogP contribution is 2.16. The van der Waals surface area contributed by atoms with Gasteiger partial charge in [0.25, 0.3) is 5.91 Å². The van der Waals surface area contributed by atoms with Crippen LogP contribution in [0.25, 0.3) is 0 Å². The van der Waals surface area contributed by atoms with E-state index in [1.54, 1.807) is 19.1 Å². The fourth-order valence-corrected chi connectivity index (χ4v) is 2.32. The number of likely N-dealkylation sites (N-methyl/N-ethyl adjacent to an activating group) is 1. The summed E-state index contributed by atoms with van der Waals surface area (Å²) in [5.74, 6) is -1.16. The van der Waals surface area contributed by atoms with Crippen molar-refractivity contribution in [2.24, 2.45) is 0 Å². The molecule has 2 rings (SSSR count). The SMILES string of the molecule is CNCCc1ccccc1C(=O)N1CC(=O)NC(=O)C1C. The molecule has 0 radical (unpaired) electrons. The van der Waals surface area contributed by atoms with Crippen molar-refractivity contribution in [3.05, 3.63) is 35.4 Å². The summed E-state index contributed by atoms with van der Waals surface area (Å²) in [7, 11) is 1.85. The van der Waals surface area contributed by atoms with Crippen LogP contribution in [0.2, 0.25) is 0 Å². The molecule has 3 amide bonds. The molecule has 1 aromatic rings. The molecule has 1 fully saturated rings. The molecule has 6 heteroatoms. The first-order chi connectivity index (χ1) is 10.0. The van der Waals surface area contributed by atoms with Gasteiger partial charge in [-0.25, -0.2) is 0 Å². The van der Waals surface area contributed by atoms with Crippen LogP contribution in [-0.2, 0) is 16.0 Å².